The normalized spacial score (nSPS) is 10.9. The number of carbonyl (C=O) groups is 2. The van der Waals surface area contributed by atoms with Crippen molar-refractivity contribution in [1.82, 2.24) is 15.0 Å². The van der Waals surface area contributed by atoms with Crippen molar-refractivity contribution >= 4 is 40.1 Å². The monoisotopic (exact) mass is 456 g/mol. The Morgan fingerprint density at radius 2 is 1.87 bits per heavy atom. The predicted molar refractivity (Wildman–Crippen MR) is 124 cm³/mol. The summed E-state index contributed by atoms with van der Waals surface area (Å²) in [5.74, 6) is 0.657. The SMILES string of the molecule is Cc1nc(SCCC(=O)Nc2nc(C)c(C(=O)OC(C)C)s2)cc(-c2ccccc2)n1. The molecule has 162 valence electrons. The van der Waals surface area contributed by atoms with Crippen molar-refractivity contribution in [3.05, 3.63) is 52.8 Å². The number of nitrogens with one attached hydrogen (secondary N) is 1. The van der Waals surface area contributed by atoms with E-state index in [1.807, 2.05) is 43.3 Å². The summed E-state index contributed by atoms with van der Waals surface area (Å²) in [5.41, 5.74) is 2.43. The molecule has 0 saturated heterocycles. The summed E-state index contributed by atoms with van der Waals surface area (Å²) in [6.45, 7) is 7.16. The molecule has 3 rings (SSSR count). The number of aromatic nitrogens is 3. The van der Waals surface area contributed by atoms with Crippen LogP contribution in [0, 0.1) is 13.8 Å². The molecule has 0 fully saturated rings. The molecule has 0 bridgehead atoms. The van der Waals surface area contributed by atoms with Gasteiger partial charge in [-0.2, -0.15) is 0 Å². The first-order valence-corrected chi connectivity index (χ1v) is 11.6. The van der Waals surface area contributed by atoms with Crippen molar-refractivity contribution in [2.75, 3.05) is 11.1 Å². The van der Waals surface area contributed by atoms with E-state index >= 15 is 0 Å². The topological polar surface area (TPSA) is 94.1 Å². The first kappa shape index (κ1) is 22.9. The minimum Gasteiger partial charge on any atom is -0.459 e. The number of esters is 1. The molecule has 1 amide bonds. The number of thiazole rings is 1. The fourth-order valence-corrected chi connectivity index (χ4v) is 4.46. The van der Waals surface area contributed by atoms with Crippen molar-refractivity contribution in [1.29, 1.82) is 0 Å². The zero-order valence-electron chi connectivity index (χ0n) is 17.8. The van der Waals surface area contributed by atoms with E-state index in [1.54, 1.807) is 20.8 Å². The van der Waals surface area contributed by atoms with Gasteiger partial charge in [-0.15, -0.1) is 11.8 Å². The first-order valence-electron chi connectivity index (χ1n) is 9.84. The molecule has 0 radical (unpaired) electrons. The first-order chi connectivity index (χ1) is 14.8. The molecule has 0 aliphatic carbocycles. The van der Waals surface area contributed by atoms with E-state index in [4.69, 9.17) is 4.74 Å². The van der Waals surface area contributed by atoms with Gasteiger partial charge in [0.15, 0.2) is 5.13 Å². The standard InChI is InChI=1S/C22H24N4O3S2/c1-13(2)29-21(28)20-14(3)23-22(31-20)26-18(27)10-11-30-19-12-17(24-15(4)25-19)16-8-6-5-7-9-16/h5-9,12-13H,10-11H2,1-4H3,(H,23,26,27). The molecule has 0 atom stereocenters. The highest BCUT2D eigenvalue weighted by atomic mass is 32.2. The molecule has 0 aliphatic heterocycles. The lowest BCUT2D eigenvalue weighted by Crippen LogP contribution is -2.12. The molecule has 0 saturated carbocycles. The third kappa shape index (κ3) is 6.60. The highest BCUT2D eigenvalue weighted by Gasteiger charge is 2.19. The second-order valence-corrected chi connectivity index (χ2v) is 9.15. The van der Waals surface area contributed by atoms with Crippen LogP contribution in [0.2, 0.25) is 0 Å². The Balaban J connectivity index is 1.55. The Kier molecular flexibility index (Phi) is 7.75. The molecule has 3 aromatic rings. The maximum Gasteiger partial charge on any atom is 0.350 e. The van der Waals surface area contributed by atoms with Crippen LogP contribution in [-0.2, 0) is 9.53 Å². The highest BCUT2D eigenvalue weighted by Crippen LogP contribution is 2.25. The molecule has 2 heterocycles. The van der Waals surface area contributed by atoms with Crippen molar-refractivity contribution in [3.63, 3.8) is 0 Å². The smallest absolute Gasteiger partial charge is 0.350 e. The minimum absolute atomic E-state index is 0.168. The van der Waals surface area contributed by atoms with Crippen LogP contribution in [0.4, 0.5) is 5.13 Å². The number of nitrogens with zero attached hydrogens (tertiary/aromatic N) is 3. The maximum absolute atomic E-state index is 12.3. The highest BCUT2D eigenvalue weighted by molar-refractivity contribution is 7.99. The lowest BCUT2D eigenvalue weighted by molar-refractivity contribution is -0.115. The van der Waals surface area contributed by atoms with Crippen LogP contribution in [0.25, 0.3) is 11.3 Å². The van der Waals surface area contributed by atoms with Gasteiger partial charge in [0.2, 0.25) is 5.91 Å². The quantitative estimate of drug-likeness (QED) is 0.293. The van der Waals surface area contributed by atoms with Crippen LogP contribution in [0.5, 0.6) is 0 Å². The van der Waals surface area contributed by atoms with Gasteiger partial charge in [-0.25, -0.2) is 19.7 Å². The van der Waals surface area contributed by atoms with E-state index in [1.165, 1.54) is 11.8 Å². The van der Waals surface area contributed by atoms with E-state index in [0.717, 1.165) is 27.6 Å². The molecule has 1 N–H and O–H groups in total. The van der Waals surface area contributed by atoms with Gasteiger partial charge < -0.3 is 10.1 Å². The van der Waals surface area contributed by atoms with Gasteiger partial charge in [0, 0.05) is 17.7 Å². The van der Waals surface area contributed by atoms with Gasteiger partial charge in [0.1, 0.15) is 15.7 Å². The molecule has 9 heteroatoms. The van der Waals surface area contributed by atoms with Crippen molar-refractivity contribution in [2.45, 2.75) is 45.2 Å². The fraction of sp³-hybridized carbons (Fsp3) is 0.318. The Labute approximate surface area is 189 Å². The number of thioether (sulfide) groups is 1. The van der Waals surface area contributed by atoms with Gasteiger partial charge >= 0.3 is 5.97 Å². The van der Waals surface area contributed by atoms with Crippen LogP contribution in [0.1, 0.15) is 41.5 Å². The van der Waals surface area contributed by atoms with Crippen LogP contribution in [0.15, 0.2) is 41.4 Å². The fourth-order valence-electron chi connectivity index (χ4n) is 2.71. The second-order valence-electron chi connectivity index (χ2n) is 7.04. The zero-order chi connectivity index (χ0) is 22.4. The largest absolute Gasteiger partial charge is 0.459 e. The molecular weight excluding hydrogens is 432 g/mol. The Morgan fingerprint density at radius 3 is 2.58 bits per heavy atom. The van der Waals surface area contributed by atoms with E-state index in [0.29, 0.717) is 33.7 Å². The summed E-state index contributed by atoms with van der Waals surface area (Å²) in [6.07, 6.45) is 0.0793. The number of ether oxygens (including phenoxy) is 1. The predicted octanol–water partition coefficient (Wildman–Crippen LogP) is 4.90. The molecule has 0 aliphatic rings. The molecule has 0 unspecified atom stereocenters. The summed E-state index contributed by atoms with van der Waals surface area (Å²) in [4.78, 5) is 38.0. The summed E-state index contributed by atoms with van der Waals surface area (Å²) in [6, 6.07) is 11.8. The average Bonchev–Trinajstić information content (AvgIpc) is 3.08. The number of aryl methyl sites for hydroxylation is 2. The van der Waals surface area contributed by atoms with E-state index < -0.39 is 5.97 Å². The van der Waals surface area contributed by atoms with E-state index in [2.05, 4.69) is 20.3 Å². The van der Waals surface area contributed by atoms with Crippen LogP contribution >= 0.6 is 23.1 Å². The van der Waals surface area contributed by atoms with Crippen molar-refractivity contribution in [2.24, 2.45) is 0 Å². The third-order valence-corrected chi connectivity index (χ3v) is 6.00. The summed E-state index contributed by atoms with van der Waals surface area (Å²) in [5, 5.41) is 3.98. The number of hydrogen-bond acceptors (Lipinski definition) is 8. The number of carbonyl (C=O) groups excluding carboxylic acids is 2. The van der Waals surface area contributed by atoms with E-state index in [-0.39, 0.29) is 12.0 Å². The molecule has 7 nitrogen and oxygen atoms in total. The second kappa shape index (κ2) is 10.5. The molecular formula is C22H24N4O3S2. The van der Waals surface area contributed by atoms with Crippen molar-refractivity contribution < 1.29 is 14.3 Å². The summed E-state index contributed by atoms with van der Waals surface area (Å²) < 4.78 is 5.20. The van der Waals surface area contributed by atoms with Gasteiger partial charge in [-0.05, 0) is 33.8 Å². The molecule has 2 aromatic heterocycles. The third-order valence-electron chi connectivity index (χ3n) is 4.03. The maximum atomic E-state index is 12.3. The Hall–Kier alpha value is -2.78. The Bertz CT molecular complexity index is 1070. The number of hydrogen-bond donors (Lipinski definition) is 1. The summed E-state index contributed by atoms with van der Waals surface area (Å²) in [7, 11) is 0. The average molecular weight is 457 g/mol. The molecule has 0 spiro atoms. The number of benzene rings is 1. The van der Waals surface area contributed by atoms with Gasteiger partial charge in [-0.1, -0.05) is 41.7 Å². The zero-order valence-corrected chi connectivity index (χ0v) is 19.5. The molecule has 31 heavy (non-hydrogen) atoms. The lowest BCUT2D eigenvalue weighted by atomic mass is 10.1. The van der Waals surface area contributed by atoms with Crippen molar-refractivity contribution in [3.8, 4) is 11.3 Å². The lowest BCUT2D eigenvalue weighted by Gasteiger charge is -2.06. The van der Waals surface area contributed by atoms with E-state index in [9.17, 15) is 9.59 Å². The molecule has 1 aromatic carbocycles. The van der Waals surface area contributed by atoms with Crippen LogP contribution < -0.4 is 5.32 Å². The van der Waals surface area contributed by atoms with Gasteiger partial charge in [-0.3, -0.25) is 4.79 Å². The van der Waals surface area contributed by atoms with Crippen LogP contribution in [-0.4, -0.2) is 38.7 Å². The Morgan fingerprint density at radius 1 is 1.13 bits per heavy atom. The number of amides is 1. The number of rotatable bonds is 8. The number of anilines is 1. The van der Waals surface area contributed by atoms with Gasteiger partial charge in [0.05, 0.1) is 17.5 Å². The van der Waals surface area contributed by atoms with Gasteiger partial charge in [0.25, 0.3) is 0 Å². The summed E-state index contributed by atoms with van der Waals surface area (Å²) >= 11 is 2.62. The minimum atomic E-state index is -0.422. The van der Waals surface area contributed by atoms with Crippen LogP contribution in [0.3, 0.4) is 0 Å².